The number of phenolic OH excluding ortho intramolecular Hbond substituents is 1. The van der Waals surface area contributed by atoms with E-state index in [4.69, 9.17) is 0 Å². The molecule has 5 heteroatoms. The molecule has 0 saturated heterocycles. The maximum atomic E-state index is 12.8. The number of carboxylic acids is 1. The van der Waals surface area contributed by atoms with Crippen molar-refractivity contribution in [2.45, 2.75) is 12.5 Å². The summed E-state index contributed by atoms with van der Waals surface area (Å²) in [5.74, 6) is -1.28. The van der Waals surface area contributed by atoms with Gasteiger partial charge in [-0.05, 0) is 41.8 Å². The normalized spacial score (nSPS) is 12.0. The average Bonchev–Trinajstić information content (AvgIpc) is 2.45. The molecule has 4 nitrogen and oxygen atoms in total. The molecule has 2 aromatic rings. The molecule has 3 N–H and O–H groups in total. The van der Waals surface area contributed by atoms with Gasteiger partial charge in [0.1, 0.15) is 17.6 Å². The van der Waals surface area contributed by atoms with Crippen LogP contribution in [0.1, 0.15) is 17.2 Å². The van der Waals surface area contributed by atoms with Gasteiger partial charge in [-0.1, -0.05) is 24.3 Å². The SMILES string of the molecule is O=C(O)C(NCCc1ccc(F)cc1)c1cccc(O)c1. The number of aliphatic carboxylic acids is 1. The van der Waals surface area contributed by atoms with Crippen molar-refractivity contribution in [2.75, 3.05) is 6.54 Å². The summed E-state index contributed by atoms with van der Waals surface area (Å²) < 4.78 is 12.8. The van der Waals surface area contributed by atoms with E-state index < -0.39 is 12.0 Å². The Bertz CT molecular complexity index is 613. The number of carboxylic acid groups (broad SMARTS) is 1. The second kappa shape index (κ2) is 6.85. The number of phenols is 1. The standard InChI is InChI=1S/C16H16FNO3/c17-13-6-4-11(5-7-13)8-9-18-15(16(20)21)12-2-1-3-14(19)10-12/h1-7,10,15,18-19H,8-9H2,(H,20,21). The summed E-state index contributed by atoms with van der Waals surface area (Å²) in [4.78, 5) is 11.3. The lowest BCUT2D eigenvalue weighted by Gasteiger charge is -2.15. The summed E-state index contributed by atoms with van der Waals surface area (Å²) in [6, 6.07) is 11.3. The highest BCUT2D eigenvalue weighted by atomic mass is 19.1. The summed E-state index contributed by atoms with van der Waals surface area (Å²) in [5, 5.41) is 21.6. The Labute approximate surface area is 121 Å². The smallest absolute Gasteiger partial charge is 0.325 e. The fourth-order valence-corrected chi connectivity index (χ4v) is 2.06. The molecular weight excluding hydrogens is 273 g/mol. The van der Waals surface area contributed by atoms with Crippen LogP contribution in [-0.2, 0) is 11.2 Å². The molecule has 0 fully saturated rings. The first-order valence-electron chi connectivity index (χ1n) is 6.56. The average molecular weight is 289 g/mol. The van der Waals surface area contributed by atoms with Crippen molar-refractivity contribution in [3.63, 3.8) is 0 Å². The Morgan fingerprint density at radius 1 is 1.19 bits per heavy atom. The van der Waals surface area contributed by atoms with E-state index in [1.165, 1.54) is 24.3 Å². The van der Waals surface area contributed by atoms with Crippen LogP contribution in [0.2, 0.25) is 0 Å². The maximum absolute atomic E-state index is 12.8. The maximum Gasteiger partial charge on any atom is 0.325 e. The highest BCUT2D eigenvalue weighted by Crippen LogP contribution is 2.18. The number of carbonyl (C=O) groups is 1. The first-order chi connectivity index (χ1) is 10.1. The highest BCUT2D eigenvalue weighted by molar-refractivity contribution is 5.75. The molecule has 0 heterocycles. The summed E-state index contributed by atoms with van der Waals surface area (Å²) >= 11 is 0. The van der Waals surface area contributed by atoms with Crippen molar-refractivity contribution < 1.29 is 19.4 Å². The third-order valence-corrected chi connectivity index (χ3v) is 3.13. The number of rotatable bonds is 6. The first kappa shape index (κ1) is 15.0. The fraction of sp³-hybridized carbons (Fsp3) is 0.188. The van der Waals surface area contributed by atoms with Gasteiger partial charge in [0.05, 0.1) is 0 Å². The molecule has 0 bridgehead atoms. The van der Waals surface area contributed by atoms with Crippen molar-refractivity contribution in [3.05, 3.63) is 65.5 Å². The molecule has 0 amide bonds. The van der Waals surface area contributed by atoms with E-state index in [1.807, 2.05) is 0 Å². The number of benzene rings is 2. The summed E-state index contributed by atoms with van der Waals surface area (Å²) in [6.07, 6.45) is 0.586. The van der Waals surface area contributed by atoms with Crippen LogP contribution in [0.25, 0.3) is 0 Å². The van der Waals surface area contributed by atoms with E-state index in [0.717, 1.165) is 5.56 Å². The predicted octanol–water partition coefficient (Wildman–Crippen LogP) is 2.49. The molecule has 110 valence electrons. The van der Waals surface area contributed by atoms with E-state index in [1.54, 1.807) is 24.3 Å². The molecule has 0 spiro atoms. The van der Waals surface area contributed by atoms with Crippen LogP contribution >= 0.6 is 0 Å². The molecule has 1 atom stereocenters. The number of nitrogens with one attached hydrogen (secondary N) is 1. The number of hydrogen-bond donors (Lipinski definition) is 3. The molecule has 0 aliphatic carbocycles. The Morgan fingerprint density at radius 3 is 2.52 bits per heavy atom. The van der Waals surface area contributed by atoms with Gasteiger partial charge in [-0.2, -0.15) is 0 Å². The number of aromatic hydroxyl groups is 1. The Kier molecular flexibility index (Phi) is 4.90. The van der Waals surface area contributed by atoms with E-state index in [9.17, 15) is 19.4 Å². The summed E-state index contributed by atoms with van der Waals surface area (Å²) in [7, 11) is 0. The van der Waals surface area contributed by atoms with Crippen LogP contribution in [0.5, 0.6) is 5.75 Å². The van der Waals surface area contributed by atoms with Crippen LogP contribution in [0.3, 0.4) is 0 Å². The molecule has 21 heavy (non-hydrogen) atoms. The van der Waals surface area contributed by atoms with Gasteiger partial charge in [-0.25, -0.2) is 4.39 Å². The lowest BCUT2D eigenvalue weighted by molar-refractivity contribution is -0.139. The second-order valence-corrected chi connectivity index (χ2v) is 4.70. The van der Waals surface area contributed by atoms with E-state index in [2.05, 4.69) is 5.32 Å². The predicted molar refractivity (Wildman–Crippen MR) is 76.6 cm³/mol. The van der Waals surface area contributed by atoms with Gasteiger partial charge in [-0.15, -0.1) is 0 Å². The van der Waals surface area contributed by atoms with Crippen molar-refractivity contribution >= 4 is 5.97 Å². The zero-order valence-corrected chi connectivity index (χ0v) is 11.3. The zero-order valence-electron chi connectivity index (χ0n) is 11.3. The lowest BCUT2D eigenvalue weighted by atomic mass is 10.1. The van der Waals surface area contributed by atoms with Crippen LogP contribution in [0.15, 0.2) is 48.5 Å². The Hall–Kier alpha value is -2.40. The second-order valence-electron chi connectivity index (χ2n) is 4.70. The van der Waals surface area contributed by atoms with Gasteiger partial charge in [0.2, 0.25) is 0 Å². The van der Waals surface area contributed by atoms with E-state index in [0.29, 0.717) is 18.5 Å². The van der Waals surface area contributed by atoms with Crippen molar-refractivity contribution in [3.8, 4) is 5.75 Å². The fourth-order valence-electron chi connectivity index (χ4n) is 2.06. The highest BCUT2D eigenvalue weighted by Gasteiger charge is 2.19. The summed E-state index contributed by atoms with van der Waals surface area (Å²) in [6.45, 7) is 0.429. The lowest BCUT2D eigenvalue weighted by Crippen LogP contribution is -2.30. The molecule has 0 aliphatic rings. The van der Waals surface area contributed by atoms with Crippen LogP contribution in [-0.4, -0.2) is 22.7 Å². The molecule has 0 aliphatic heterocycles. The van der Waals surface area contributed by atoms with E-state index in [-0.39, 0.29) is 11.6 Å². The molecule has 2 aromatic carbocycles. The van der Waals surface area contributed by atoms with Gasteiger partial charge in [0, 0.05) is 6.54 Å². The molecule has 0 saturated carbocycles. The monoisotopic (exact) mass is 289 g/mol. The van der Waals surface area contributed by atoms with Crippen molar-refractivity contribution in [2.24, 2.45) is 0 Å². The Morgan fingerprint density at radius 2 is 1.90 bits per heavy atom. The molecule has 2 rings (SSSR count). The van der Waals surface area contributed by atoms with E-state index >= 15 is 0 Å². The number of hydrogen-bond acceptors (Lipinski definition) is 3. The molecule has 1 unspecified atom stereocenters. The van der Waals surface area contributed by atoms with Gasteiger partial charge in [-0.3, -0.25) is 4.79 Å². The van der Waals surface area contributed by atoms with Crippen molar-refractivity contribution in [1.29, 1.82) is 0 Å². The molecular formula is C16H16FNO3. The van der Waals surface area contributed by atoms with Gasteiger partial charge < -0.3 is 15.5 Å². The largest absolute Gasteiger partial charge is 0.508 e. The van der Waals surface area contributed by atoms with Gasteiger partial charge in [0.15, 0.2) is 0 Å². The minimum Gasteiger partial charge on any atom is -0.508 e. The summed E-state index contributed by atoms with van der Waals surface area (Å²) in [5.41, 5.74) is 1.41. The Balaban J connectivity index is 1.98. The van der Waals surface area contributed by atoms with Crippen LogP contribution in [0.4, 0.5) is 4.39 Å². The molecule has 0 aromatic heterocycles. The van der Waals surface area contributed by atoms with Gasteiger partial charge >= 0.3 is 5.97 Å². The minimum atomic E-state index is -1.01. The third kappa shape index (κ3) is 4.29. The molecule has 0 radical (unpaired) electrons. The minimum absolute atomic E-state index is 0.0269. The zero-order chi connectivity index (χ0) is 15.2. The number of halogens is 1. The first-order valence-corrected chi connectivity index (χ1v) is 6.56. The third-order valence-electron chi connectivity index (χ3n) is 3.13. The van der Waals surface area contributed by atoms with Crippen molar-refractivity contribution in [1.82, 2.24) is 5.32 Å². The van der Waals surface area contributed by atoms with Crippen LogP contribution < -0.4 is 5.32 Å². The quantitative estimate of drug-likeness (QED) is 0.764. The topological polar surface area (TPSA) is 69.6 Å². The van der Waals surface area contributed by atoms with Crippen LogP contribution in [0, 0.1) is 5.82 Å². The van der Waals surface area contributed by atoms with Gasteiger partial charge in [0.25, 0.3) is 0 Å².